The predicted octanol–water partition coefficient (Wildman–Crippen LogP) is 2.49. The fourth-order valence-electron chi connectivity index (χ4n) is 4.16. The molecule has 0 saturated carbocycles. The molecule has 0 N–H and O–H groups in total. The summed E-state index contributed by atoms with van der Waals surface area (Å²) in [5.74, 6) is -0.109. The van der Waals surface area contributed by atoms with Gasteiger partial charge in [-0.3, -0.25) is 13.9 Å². The number of nitrogens with zero attached hydrogens (tertiary/aromatic N) is 4. The minimum absolute atomic E-state index is 0.00195. The first-order valence-corrected chi connectivity index (χ1v) is 12.1. The topological polar surface area (TPSA) is 94.3 Å². The molecule has 3 aromatic heterocycles. The van der Waals surface area contributed by atoms with Crippen LogP contribution in [0.15, 0.2) is 34.1 Å². The van der Waals surface area contributed by atoms with Gasteiger partial charge in [-0.2, -0.15) is 4.31 Å². The van der Waals surface area contributed by atoms with Crippen LogP contribution in [0.4, 0.5) is 0 Å². The van der Waals surface area contributed by atoms with Crippen molar-refractivity contribution in [3.8, 4) is 0 Å². The molecule has 0 aromatic carbocycles. The predicted molar refractivity (Wildman–Crippen MR) is 115 cm³/mol. The zero-order valence-electron chi connectivity index (χ0n) is 17.2. The molecular weight excluding hydrogens is 424 g/mol. The van der Waals surface area contributed by atoms with Gasteiger partial charge >= 0.3 is 5.69 Å². The van der Waals surface area contributed by atoms with Crippen molar-refractivity contribution in [2.45, 2.75) is 51.1 Å². The molecule has 30 heavy (non-hydrogen) atoms. The monoisotopic (exact) mass is 448 g/mol. The summed E-state index contributed by atoms with van der Waals surface area (Å²) in [7, 11) is -3.55. The van der Waals surface area contributed by atoms with Crippen molar-refractivity contribution in [3.05, 3.63) is 44.6 Å². The van der Waals surface area contributed by atoms with Crippen LogP contribution in [0.5, 0.6) is 0 Å². The van der Waals surface area contributed by atoms with Crippen molar-refractivity contribution in [3.63, 3.8) is 0 Å². The van der Waals surface area contributed by atoms with Crippen LogP contribution in [0.25, 0.3) is 11.2 Å². The van der Waals surface area contributed by atoms with Crippen LogP contribution in [0, 0.1) is 13.8 Å². The van der Waals surface area contributed by atoms with Gasteiger partial charge in [0.05, 0.1) is 17.0 Å². The third-order valence-electron chi connectivity index (χ3n) is 5.50. The summed E-state index contributed by atoms with van der Waals surface area (Å²) in [5, 5.41) is 0. The third-order valence-corrected chi connectivity index (χ3v) is 8.62. The van der Waals surface area contributed by atoms with E-state index in [-0.39, 0.29) is 24.1 Å². The summed E-state index contributed by atoms with van der Waals surface area (Å²) in [5.41, 5.74) is 0.885. The lowest BCUT2D eigenvalue weighted by Crippen LogP contribution is -2.41. The number of imidazole rings is 1. The number of rotatable bonds is 5. The van der Waals surface area contributed by atoms with E-state index in [0.29, 0.717) is 42.0 Å². The highest BCUT2D eigenvalue weighted by Crippen LogP contribution is 2.32. The van der Waals surface area contributed by atoms with Gasteiger partial charge in [-0.1, -0.05) is 0 Å². The summed E-state index contributed by atoms with van der Waals surface area (Å²) in [6.07, 6.45) is 2.64. The third kappa shape index (κ3) is 3.52. The molecule has 0 unspecified atom stereocenters. The van der Waals surface area contributed by atoms with Gasteiger partial charge in [-0.15, -0.1) is 11.3 Å². The van der Waals surface area contributed by atoms with Gasteiger partial charge in [0.15, 0.2) is 5.65 Å². The average molecular weight is 449 g/mol. The Labute approximate surface area is 178 Å². The lowest BCUT2D eigenvalue weighted by Gasteiger charge is -2.31. The summed E-state index contributed by atoms with van der Waals surface area (Å²) >= 11 is 1.48. The van der Waals surface area contributed by atoms with Crippen molar-refractivity contribution in [1.29, 1.82) is 0 Å². The van der Waals surface area contributed by atoms with Crippen LogP contribution in [-0.4, -0.2) is 45.7 Å². The van der Waals surface area contributed by atoms with E-state index in [1.165, 1.54) is 27.1 Å². The number of ketones is 1. The molecule has 1 aliphatic heterocycles. The van der Waals surface area contributed by atoms with Gasteiger partial charge in [0.25, 0.3) is 0 Å². The Morgan fingerprint density at radius 3 is 2.57 bits per heavy atom. The van der Waals surface area contributed by atoms with Gasteiger partial charge in [-0.25, -0.2) is 18.2 Å². The highest BCUT2D eigenvalue weighted by Gasteiger charge is 2.33. The molecule has 8 nitrogen and oxygen atoms in total. The number of thiophene rings is 1. The van der Waals surface area contributed by atoms with E-state index in [9.17, 15) is 18.0 Å². The molecule has 10 heteroatoms. The first-order chi connectivity index (χ1) is 14.2. The number of Topliss-reactive ketones (excluding diaryl/α,β-unsaturated/α-hetero) is 1. The first kappa shape index (κ1) is 21.0. The molecule has 0 amide bonds. The molecule has 0 radical (unpaired) electrons. The van der Waals surface area contributed by atoms with Gasteiger partial charge in [0, 0.05) is 35.1 Å². The maximum Gasteiger partial charge on any atom is 0.331 e. The van der Waals surface area contributed by atoms with Crippen LogP contribution in [-0.2, 0) is 21.4 Å². The van der Waals surface area contributed by atoms with E-state index >= 15 is 0 Å². The summed E-state index contributed by atoms with van der Waals surface area (Å²) in [4.78, 5) is 31.2. The highest BCUT2D eigenvalue weighted by molar-refractivity contribution is 7.89. The van der Waals surface area contributed by atoms with Gasteiger partial charge in [0.2, 0.25) is 10.0 Å². The van der Waals surface area contributed by atoms with Crippen LogP contribution in [0.3, 0.4) is 0 Å². The molecule has 3 aromatic rings. The van der Waals surface area contributed by atoms with Crippen molar-refractivity contribution < 1.29 is 13.2 Å². The van der Waals surface area contributed by atoms with Crippen LogP contribution >= 0.6 is 11.3 Å². The number of carbonyl (C=O) groups excluding carboxylic acids is 1. The van der Waals surface area contributed by atoms with E-state index in [4.69, 9.17) is 0 Å². The standard InChI is InChI=1S/C20H24N4O4S2/c1-13(25)12-23-17-5-4-8-21-19(17)24(20(23)26)16-6-9-22(10-7-16)30(27,28)18-11-14(2)29-15(18)3/h4-5,8,11,16H,6-7,9-10,12H2,1-3H3. The average Bonchev–Trinajstić information content (AvgIpc) is 3.18. The van der Waals surface area contributed by atoms with E-state index in [0.717, 1.165) is 9.75 Å². The summed E-state index contributed by atoms with van der Waals surface area (Å²) < 4.78 is 30.7. The Morgan fingerprint density at radius 2 is 1.97 bits per heavy atom. The Morgan fingerprint density at radius 1 is 1.27 bits per heavy atom. The number of hydrogen-bond acceptors (Lipinski definition) is 6. The molecule has 4 rings (SSSR count). The van der Waals surface area contributed by atoms with Crippen LogP contribution in [0.1, 0.15) is 35.6 Å². The van der Waals surface area contributed by atoms with Gasteiger partial charge in [-0.05, 0) is 51.8 Å². The quantitative estimate of drug-likeness (QED) is 0.598. The van der Waals surface area contributed by atoms with E-state index in [1.54, 1.807) is 29.0 Å². The number of hydrogen-bond donors (Lipinski definition) is 0. The smallest absolute Gasteiger partial charge is 0.298 e. The van der Waals surface area contributed by atoms with Crippen molar-refractivity contribution in [1.82, 2.24) is 18.4 Å². The zero-order chi connectivity index (χ0) is 21.6. The van der Waals surface area contributed by atoms with E-state index < -0.39 is 10.0 Å². The Balaban J connectivity index is 1.63. The second kappa shape index (κ2) is 7.75. The molecule has 160 valence electrons. The minimum atomic E-state index is -3.55. The Bertz CT molecular complexity index is 1280. The number of piperidine rings is 1. The number of carbonyl (C=O) groups is 1. The van der Waals surface area contributed by atoms with Crippen LogP contribution < -0.4 is 5.69 Å². The van der Waals surface area contributed by atoms with Crippen molar-refractivity contribution >= 4 is 38.3 Å². The maximum atomic E-state index is 13.1. The Kier molecular flexibility index (Phi) is 5.41. The molecular formula is C20H24N4O4S2. The molecule has 0 spiro atoms. The first-order valence-electron chi connectivity index (χ1n) is 9.82. The zero-order valence-corrected chi connectivity index (χ0v) is 18.8. The molecule has 1 fully saturated rings. The summed E-state index contributed by atoms with van der Waals surface area (Å²) in [6.45, 7) is 5.84. The SMILES string of the molecule is CC(=O)Cn1c(=O)n(C2CCN(S(=O)(=O)c3cc(C)sc3C)CC2)c2ncccc21. The van der Waals surface area contributed by atoms with Gasteiger partial charge < -0.3 is 0 Å². The molecule has 1 saturated heterocycles. The number of sulfonamides is 1. The largest absolute Gasteiger partial charge is 0.331 e. The number of aryl methyl sites for hydroxylation is 2. The van der Waals surface area contributed by atoms with E-state index in [2.05, 4.69) is 4.98 Å². The molecule has 0 atom stereocenters. The van der Waals surface area contributed by atoms with Crippen LogP contribution in [0.2, 0.25) is 0 Å². The second-order valence-corrected chi connectivity index (χ2v) is 11.1. The molecule has 1 aliphatic rings. The van der Waals surface area contributed by atoms with Gasteiger partial charge in [0.1, 0.15) is 5.78 Å². The fourth-order valence-corrected chi connectivity index (χ4v) is 7.15. The summed E-state index contributed by atoms with van der Waals surface area (Å²) in [6, 6.07) is 5.08. The highest BCUT2D eigenvalue weighted by atomic mass is 32.2. The minimum Gasteiger partial charge on any atom is -0.298 e. The Hall–Kier alpha value is -2.30. The lowest BCUT2D eigenvalue weighted by atomic mass is 10.1. The molecule has 0 bridgehead atoms. The van der Waals surface area contributed by atoms with Crippen molar-refractivity contribution in [2.24, 2.45) is 0 Å². The maximum absolute atomic E-state index is 13.1. The van der Waals surface area contributed by atoms with E-state index in [1.807, 2.05) is 13.8 Å². The molecule has 0 aliphatic carbocycles. The lowest BCUT2D eigenvalue weighted by molar-refractivity contribution is -0.117. The number of pyridine rings is 1. The fraction of sp³-hybridized carbons (Fsp3) is 0.450. The number of aromatic nitrogens is 3. The second-order valence-electron chi connectivity index (χ2n) is 7.70. The normalized spacial score (nSPS) is 16.4. The molecule has 4 heterocycles. The number of fused-ring (bicyclic) bond motifs is 1. The van der Waals surface area contributed by atoms with Crippen molar-refractivity contribution in [2.75, 3.05) is 13.1 Å².